The fourth-order valence-corrected chi connectivity index (χ4v) is 6.49. The van der Waals surface area contributed by atoms with Crippen LogP contribution in [0.5, 0.6) is 0 Å². The van der Waals surface area contributed by atoms with Crippen molar-refractivity contribution in [3.05, 3.63) is 70.4 Å². The topological polar surface area (TPSA) is 129 Å². The minimum Gasteiger partial charge on any atom is -0.477 e. The van der Waals surface area contributed by atoms with Crippen LogP contribution in [-0.4, -0.2) is 82.4 Å². The van der Waals surface area contributed by atoms with E-state index < -0.39 is 28.6 Å². The second-order valence-electron chi connectivity index (χ2n) is 11.0. The van der Waals surface area contributed by atoms with Crippen molar-refractivity contribution in [1.82, 2.24) is 29.7 Å². The smallest absolute Gasteiger partial charge is 0.341 e. The molecule has 0 bridgehead atoms. The molecular formula is C30H31F2N7O4. The van der Waals surface area contributed by atoms with Gasteiger partial charge in [0, 0.05) is 69.6 Å². The highest BCUT2D eigenvalue weighted by atomic mass is 19.1. The van der Waals surface area contributed by atoms with Crippen LogP contribution in [-0.2, 0) is 11.5 Å². The predicted molar refractivity (Wildman–Crippen MR) is 159 cm³/mol. The summed E-state index contributed by atoms with van der Waals surface area (Å²) in [5.41, 5.74) is 1.20. The SMILES string of the molecule is C=C(F)/C=C(/NC)c1[nH]c2ncc(-c3cnc4c(c3)c(=O)c(C(=O)O)cn4COC)c(N3CC[C@H]4CN(C)C[C@H]43)c2c1F. The van der Waals surface area contributed by atoms with Crippen LogP contribution in [0.4, 0.5) is 14.5 Å². The van der Waals surface area contributed by atoms with E-state index in [0.717, 1.165) is 25.6 Å². The third kappa shape index (κ3) is 4.74. The molecule has 3 N–H and O–H groups in total. The number of H-pyrrole nitrogens is 1. The Morgan fingerprint density at radius 2 is 2.12 bits per heavy atom. The van der Waals surface area contributed by atoms with Crippen molar-refractivity contribution in [2.45, 2.75) is 19.2 Å². The molecule has 0 aliphatic carbocycles. The molecular weight excluding hydrogens is 560 g/mol. The van der Waals surface area contributed by atoms with E-state index in [4.69, 9.17) is 4.74 Å². The molecule has 0 radical (unpaired) electrons. The first kappa shape index (κ1) is 28.5. The van der Waals surface area contributed by atoms with Crippen molar-refractivity contribution in [2.75, 3.05) is 45.7 Å². The van der Waals surface area contributed by atoms with Gasteiger partial charge in [-0.1, -0.05) is 6.58 Å². The third-order valence-corrected chi connectivity index (χ3v) is 8.31. The molecule has 0 saturated carbocycles. The van der Waals surface area contributed by atoms with Gasteiger partial charge in [-0.05, 0) is 31.5 Å². The fourth-order valence-electron chi connectivity index (χ4n) is 6.49. The number of likely N-dealkylation sites (tertiary alicyclic amines) is 1. The Labute approximate surface area is 245 Å². The number of halogens is 2. The van der Waals surface area contributed by atoms with Gasteiger partial charge in [-0.25, -0.2) is 23.5 Å². The van der Waals surface area contributed by atoms with Crippen molar-refractivity contribution >= 4 is 39.4 Å². The van der Waals surface area contributed by atoms with Crippen LogP contribution in [0.2, 0.25) is 0 Å². The normalized spacial score (nSPS) is 19.0. The summed E-state index contributed by atoms with van der Waals surface area (Å²) in [6, 6.07) is 1.68. The molecule has 0 spiro atoms. The van der Waals surface area contributed by atoms with E-state index in [9.17, 15) is 19.1 Å². The molecule has 0 amide bonds. The lowest BCUT2D eigenvalue weighted by Crippen LogP contribution is -2.35. The summed E-state index contributed by atoms with van der Waals surface area (Å²) >= 11 is 0. The van der Waals surface area contributed by atoms with Crippen molar-refractivity contribution in [1.29, 1.82) is 0 Å². The average molecular weight is 592 g/mol. The largest absolute Gasteiger partial charge is 0.477 e. The highest BCUT2D eigenvalue weighted by Crippen LogP contribution is 2.44. The molecule has 2 atom stereocenters. The van der Waals surface area contributed by atoms with Gasteiger partial charge >= 0.3 is 5.97 Å². The number of anilines is 1. The molecule has 6 heterocycles. The van der Waals surface area contributed by atoms with Gasteiger partial charge in [0.2, 0.25) is 5.43 Å². The second kappa shape index (κ2) is 10.9. The molecule has 0 aromatic carbocycles. The number of methoxy groups -OCH3 is 1. The van der Waals surface area contributed by atoms with Gasteiger partial charge in [0.05, 0.1) is 22.2 Å². The summed E-state index contributed by atoms with van der Waals surface area (Å²) in [4.78, 5) is 41.7. The number of carbonyl (C=O) groups is 1. The summed E-state index contributed by atoms with van der Waals surface area (Å²) in [5, 5.41) is 12.8. The lowest BCUT2D eigenvalue weighted by molar-refractivity contribution is 0.0693. The number of aromatic carboxylic acids is 1. The Bertz CT molecular complexity index is 1880. The summed E-state index contributed by atoms with van der Waals surface area (Å²) < 4.78 is 36.9. The van der Waals surface area contributed by atoms with Gasteiger partial charge in [-0.3, -0.25) is 4.79 Å². The van der Waals surface area contributed by atoms with Crippen LogP contribution in [0, 0.1) is 11.7 Å². The number of allylic oxidation sites excluding steroid dienone is 2. The monoisotopic (exact) mass is 591 g/mol. The predicted octanol–water partition coefficient (Wildman–Crippen LogP) is 3.56. The lowest BCUT2D eigenvalue weighted by atomic mass is 10.0. The summed E-state index contributed by atoms with van der Waals surface area (Å²) in [7, 11) is 5.07. The zero-order valence-corrected chi connectivity index (χ0v) is 23.9. The number of likely N-dealkylation sites (N-methyl/N-ethyl adjacent to an activating group) is 1. The van der Waals surface area contributed by atoms with Crippen LogP contribution < -0.4 is 15.6 Å². The first-order valence-electron chi connectivity index (χ1n) is 13.8. The first-order chi connectivity index (χ1) is 20.6. The molecule has 4 aromatic rings. The summed E-state index contributed by atoms with van der Waals surface area (Å²) in [6.45, 7) is 5.64. The molecule has 2 aliphatic rings. The van der Waals surface area contributed by atoms with E-state index >= 15 is 4.39 Å². The average Bonchev–Trinajstić information content (AvgIpc) is 3.64. The number of pyridine rings is 3. The van der Waals surface area contributed by atoms with Crippen LogP contribution in [0.3, 0.4) is 0 Å². The van der Waals surface area contributed by atoms with Crippen LogP contribution in [0.15, 0.2) is 47.9 Å². The molecule has 6 rings (SSSR count). The van der Waals surface area contributed by atoms with Gasteiger partial charge in [0.15, 0.2) is 5.82 Å². The number of hydrogen-bond donors (Lipinski definition) is 3. The maximum Gasteiger partial charge on any atom is 0.341 e. The number of ether oxygens (including phenoxy) is 1. The quantitative estimate of drug-likeness (QED) is 0.264. The Hall–Kier alpha value is -4.62. The number of rotatable bonds is 8. The highest BCUT2D eigenvalue weighted by molar-refractivity contribution is 6.02. The molecule has 224 valence electrons. The van der Waals surface area contributed by atoms with Crippen molar-refractivity contribution in [3.63, 3.8) is 0 Å². The van der Waals surface area contributed by atoms with E-state index in [0.29, 0.717) is 29.3 Å². The number of fused-ring (bicyclic) bond motifs is 3. The van der Waals surface area contributed by atoms with Crippen LogP contribution >= 0.6 is 0 Å². The molecule has 43 heavy (non-hydrogen) atoms. The number of carboxylic acid groups (broad SMARTS) is 1. The van der Waals surface area contributed by atoms with Gasteiger partial charge in [0.1, 0.15) is 35.1 Å². The second-order valence-corrected chi connectivity index (χ2v) is 11.0. The standard InChI is InChI=1S/C30H31F2N7O4/c1-15(31)7-21(33-2)25-24(32)23-26(39-6-5-16-11-37(3)13-22(16)39)19(10-34-28(23)36-25)17-8-18-27(40)20(30(41)42)12-38(14-43-4)29(18)35-9-17/h7-10,12,16,22,33H,1,5-6,11,13-14H2,2-4H3,(H,34,36)(H,41,42)/b21-7+/t16-,22+/m0/s1. The Kier molecular flexibility index (Phi) is 7.22. The lowest BCUT2D eigenvalue weighted by Gasteiger charge is -2.29. The number of aromatic nitrogens is 4. The van der Waals surface area contributed by atoms with Crippen LogP contribution in [0.1, 0.15) is 22.5 Å². The van der Waals surface area contributed by atoms with E-state index in [-0.39, 0.29) is 46.2 Å². The molecule has 13 heteroatoms. The van der Waals surface area contributed by atoms with Gasteiger partial charge in [0.25, 0.3) is 0 Å². The highest BCUT2D eigenvalue weighted by Gasteiger charge is 2.42. The van der Waals surface area contributed by atoms with Crippen LogP contribution in [0.25, 0.3) is 38.9 Å². The van der Waals surface area contributed by atoms with Gasteiger partial charge in [-0.2, -0.15) is 0 Å². The molecule has 4 aromatic heterocycles. The zero-order valence-electron chi connectivity index (χ0n) is 23.9. The third-order valence-electron chi connectivity index (χ3n) is 8.31. The first-order valence-corrected chi connectivity index (χ1v) is 13.8. The molecule has 2 saturated heterocycles. The molecule has 11 nitrogen and oxygen atoms in total. The maximum absolute atomic E-state index is 16.5. The number of hydrogen-bond acceptors (Lipinski definition) is 8. The molecule has 0 unspecified atom stereocenters. The van der Waals surface area contributed by atoms with Crippen molar-refractivity contribution in [3.8, 4) is 11.1 Å². The van der Waals surface area contributed by atoms with E-state index in [1.54, 1.807) is 25.5 Å². The minimum absolute atomic E-state index is 0.0174. The molecule has 2 aliphatic heterocycles. The number of nitrogens with zero attached hydrogens (tertiary/aromatic N) is 5. The Morgan fingerprint density at radius 1 is 1.33 bits per heavy atom. The Morgan fingerprint density at radius 3 is 2.81 bits per heavy atom. The van der Waals surface area contributed by atoms with E-state index in [1.807, 2.05) is 0 Å². The number of carboxylic acids is 1. The Balaban J connectivity index is 1.63. The van der Waals surface area contributed by atoms with Gasteiger partial charge in [-0.15, -0.1) is 0 Å². The van der Waals surface area contributed by atoms with E-state index in [1.165, 1.54) is 17.9 Å². The van der Waals surface area contributed by atoms with E-state index in [2.05, 4.69) is 43.7 Å². The maximum atomic E-state index is 16.5. The minimum atomic E-state index is -1.37. The van der Waals surface area contributed by atoms with Crippen molar-refractivity contribution < 1.29 is 23.4 Å². The summed E-state index contributed by atoms with van der Waals surface area (Å²) in [6.07, 6.45) is 6.38. The number of aromatic amines is 1. The summed E-state index contributed by atoms with van der Waals surface area (Å²) in [5.74, 6) is -2.33. The van der Waals surface area contributed by atoms with Crippen molar-refractivity contribution in [2.24, 2.45) is 5.92 Å². The number of nitrogens with one attached hydrogen (secondary N) is 2. The fraction of sp³-hybridized carbons (Fsp3) is 0.333. The van der Waals surface area contributed by atoms with Gasteiger partial charge < -0.3 is 34.5 Å². The molecule has 2 fully saturated rings. The zero-order chi connectivity index (χ0) is 30.6.